The fraction of sp³-hybridized carbons (Fsp3) is 0.323. The van der Waals surface area contributed by atoms with Crippen LogP contribution in [0.3, 0.4) is 0 Å². The number of benzene rings is 3. The first kappa shape index (κ1) is 25.7. The van der Waals surface area contributed by atoms with Crippen molar-refractivity contribution in [1.29, 1.82) is 0 Å². The van der Waals surface area contributed by atoms with Crippen LogP contribution in [-0.4, -0.2) is 48.2 Å². The van der Waals surface area contributed by atoms with E-state index in [2.05, 4.69) is 71.7 Å². The zero-order valence-electron chi connectivity index (χ0n) is 22.5. The summed E-state index contributed by atoms with van der Waals surface area (Å²) in [7, 11) is 4.19. The van der Waals surface area contributed by atoms with Gasteiger partial charge in [-0.2, -0.15) is 4.98 Å². The smallest absolute Gasteiger partial charge is 0.228 e. The Kier molecular flexibility index (Phi) is 7.56. The summed E-state index contributed by atoms with van der Waals surface area (Å²) in [5.41, 5.74) is 7.25. The average molecular weight is 511 g/mol. The second-order valence-corrected chi connectivity index (χ2v) is 10.3. The van der Waals surface area contributed by atoms with Crippen molar-refractivity contribution in [2.75, 3.05) is 32.6 Å². The Labute approximate surface area is 223 Å². The van der Waals surface area contributed by atoms with E-state index in [0.29, 0.717) is 24.1 Å². The molecule has 4 aromatic rings. The quantitative estimate of drug-likeness (QED) is 0.312. The molecule has 1 N–H and O–H groups in total. The van der Waals surface area contributed by atoms with Gasteiger partial charge in [0.15, 0.2) is 0 Å². The number of anilines is 1. The number of carbonyl (C=O) groups is 1. The lowest BCUT2D eigenvalue weighted by atomic mass is 9.89. The zero-order valence-corrected chi connectivity index (χ0v) is 22.5. The molecule has 0 radical (unpaired) electrons. The highest BCUT2D eigenvalue weighted by molar-refractivity contribution is 5.92. The number of aromatic nitrogens is 2. The summed E-state index contributed by atoms with van der Waals surface area (Å²) in [5, 5.41) is 7.09. The van der Waals surface area contributed by atoms with Crippen molar-refractivity contribution in [1.82, 2.24) is 15.0 Å². The van der Waals surface area contributed by atoms with Gasteiger partial charge < -0.3 is 19.5 Å². The first-order chi connectivity index (χ1) is 18.4. The highest BCUT2D eigenvalue weighted by Gasteiger charge is 2.22. The molecule has 0 saturated heterocycles. The maximum Gasteiger partial charge on any atom is 0.228 e. The number of hydrogen-bond donors (Lipinski definition) is 1. The van der Waals surface area contributed by atoms with E-state index in [-0.39, 0.29) is 5.91 Å². The minimum atomic E-state index is -0.0322. The van der Waals surface area contributed by atoms with Gasteiger partial charge in [0, 0.05) is 18.2 Å². The van der Waals surface area contributed by atoms with Crippen LogP contribution in [0, 0.1) is 13.8 Å². The van der Waals surface area contributed by atoms with Gasteiger partial charge in [-0.15, -0.1) is 0 Å². The summed E-state index contributed by atoms with van der Waals surface area (Å²) < 4.78 is 11.0. The van der Waals surface area contributed by atoms with E-state index in [4.69, 9.17) is 9.26 Å². The lowest BCUT2D eigenvalue weighted by Gasteiger charge is -2.27. The Hall–Kier alpha value is -3.97. The Balaban J connectivity index is 1.23. The summed E-state index contributed by atoms with van der Waals surface area (Å²) in [5.74, 6) is 2.49. The van der Waals surface area contributed by atoms with Crippen LogP contribution >= 0.6 is 0 Å². The topological polar surface area (TPSA) is 80.5 Å². The van der Waals surface area contributed by atoms with E-state index in [9.17, 15) is 4.79 Å². The number of fused-ring (bicyclic) bond motifs is 1. The zero-order chi connectivity index (χ0) is 26.6. The van der Waals surface area contributed by atoms with Gasteiger partial charge >= 0.3 is 0 Å². The number of nitrogens with zero attached hydrogens (tertiary/aromatic N) is 3. The van der Waals surface area contributed by atoms with Gasteiger partial charge in [0.1, 0.15) is 5.75 Å². The molecule has 1 aromatic heterocycles. The predicted octanol–water partition coefficient (Wildman–Crippen LogP) is 6.02. The van der Waals surface area contributed by atoms with Gasteiger partial charge in [0.05, 0.1) is 13.0 Å². The van der Waals surface area contributed by atoms with Crippen LogP contribution in [0.5, 0.6) is 5.75 Å². The molecule has 3 aromatic carbocycles. The minimum absolute atomic E-state index is 0.0322. The van der Waals surface area contributed by atoms with Crippen molar-refractivity contribution < 1.29 is 14.1 Å². The Bertz CT molecular complexity index is 1430. The number of rotatable bonds is 8. The highest BCUT2D eigenvalue weighted by Crippen LogP contribution is 2.37. The average Bonchev–Trinajstić information content (AvgIpc) is 3.34. The number of amides is 1. The number of ether oxygens (including phenoxy) is 1. The predicted molar refractivity (Wildman–Crippen MR) is 149 cm³/mol. The van der Waals surface area contributed by atoms with Gasteiger partial charge in [0.25, 0.3) is 0 Å². The minimum Gasteiger partial charge on any atom is -0.493 e. The van der Waals surface area contributed by atoms with E-state index in [0.717, 1.165) is 65.2 Å². The van der Waals surface area contributed by atoms with Crippen molar-refractivity contribution in [3.63, 3.8) is 0 Å². The van der Waals surface area contributed by atoms with E-state index >= 15 is 0 Å². The van der Waals surface area contributed by atoms with Gasteiger partial charge in [0.2, 0.25) is 17.6 Å². The van der Waals surface area contributed by atoms with Crippen LogP contribution in [0.2, 0.25) is 0 Å². The van der Waals surface area contributed by atoms with Crippen molar-refractivity contribution in [2.24, 2.45) is 0 Å². The standard InChI is InChI=1S/C31H34N4O3/c1-20-17-25(31-32-21(2)38-34-31)9-11-27(20)23-7-5-22(6-8-23)18-30(36)33-26-10-12-29-28(19-26)24(14-16-37-29)13-15-35(3)4/h5-12,17,19,24H,13-16,18H2,1-4H3,(H,33,36). The third-order valence-corrected chi connectivity index (χ3v) is 7.02. The summed E-state index contributed by atoms with van der Waals surface area (Å²) in [6, 6.07) is 20.3. The lowest BCUT2D eigenvalue weighted by Crippen LogP contribution is -2.21. The van der Waals surface area contributed by atoms with Crippen molar-refractivity contribution >= 4 is 11.6 Å². The largest absolute Gasteiger partial charge is 0.493 e. The van der Waals surface area contributed by atoms with Crippen LogP contribution in [0.25, 0.3) is 22.5 Å². The molecule has 1 unspecified atom stereocenters. The Morgan fingerprint density at radius 2 is 1.82 bits per heavy atom. The number of nitrogens with one attached hydrogen (secondary N) is 1. The molecule has 0 saturated carbocycles. The van der Waals surface area contributed by atoms with Crippen LogP contribution in [0.4, 0.5) is 5.69 Å². The van der Waals surface area contributed by atoms with Gasteiger partial charge in [-0.25, -0.2) is 0 Å². The fourth-order valence-electron chi connectivity index (χ4n) is 4.99. The molecule has 1 amide bonds. The molecule has 0 bridgehead atoms. The first-order valence-corrected chi connectivity index (χ1v) is 13.1. The van der Waals surface area contributed by atoms with E-state index in [1.807, 2.05) is 30.3 Å². The summed E-state index contributed by atoms with van der Waals surface area (Å²) >= 11 is 0. The van der Waals surface area contributed by atoms with E-state index in [1.165, 1.54) is 5.56 Å². The molecule has 0 aliphatic carbocycles. The molecular weight excluding hydrogens is 476 g/mol. The maximum atomic E-state index is 12.9. The molecule has 2 heterocycles. The number of carbonyl (C=O) groups excluding carboxylic acids is 1. The Morgan fingerprint density at radius 1 is 1.03 bits per heavy atom. The fourth-order valence-corrected chi connectivity index (χ4v) is 4.99. The normalized spacial score (nSPS) is 14.7. The van der Waals surface area contributed by atoms with Crippen LogP contribution in [-0.2, 0) is 11.2 Å². The third kappa shape index (κ3) is 5.94. The molecule has 0 fully saturated rings. The SMILES string of the molecule is Cc1nc(-c2ccc(-c3ccc(CC(=O)Nc4ccc5c(c4)C(CCN(C)C)CCO5)cc3)c(C)c2)no1. The molecule has 1 aliphatic rings. The maximum absolute atomic E-state index is 12.9. The second-order valence-electron chi connectivity index (χ2n) is 10.3. The van der Waals surface area contributed by atoms with Gasteiger partial charge in [-0.3, -0.25) is 4.79 Å². The third-order valence-electron chi connectivity index (χ3n) is 7.02. The van der Waals surface area contributed by atoms with Crippen LogP contribution in [0.15, 0.2) is 65.2 Å². The van der Waals surface area contributed by atoms with Gasteiger partial charge in [-0.1, -0.05) is 41.6 Å². The molecule has 7 nitrogen and oxygen atoms in total. The van der Waals surface area contributed by atoms with E-state index in [1.54, 1.807) is 6.92 Å². The molecule has 1 aliphatic heterocycles. The molecule has 5 rings (SSSR count). The first-order valence-electron chi connectivity index (χ1n) is 13.1. The van der Waals surface area contributed by atoms with Crippen LogP contribution < -0.4 is 10.1 Å². The lowest BCUT2D eigenvalue weighted by molar-refractivity contribution is -0.115. The molecule has 1 atom stereocenters. The van der Waals surface area contributed by atoms with Gasteiger partial charge in [-0.05, 0) is 98.4 Å². The summed E-state index contributed by atoms with van der Waals surface area (Å²) in [6.45, 7) is 5.62. The van der Waals surface area contributed by atoms with E-state index < -0.39 is 0 Å². The molecular formula is C31H34N4O3. The number of hydrogen-bond acceptors (Lipinski definition) is 6. The second kappa shape index (κ2) is 11.2. The van der Waals surface area contributed by atoms with Crippen LogP contribution in [0.1, 0.15) is 41.3 Å². The molecule has 7 heteroatoms. The summed E-state index contributed by atoms with van der Waals surface area (Å²) in [4.78, 5) is 19.4. The summed E-state index contributed by atoms with van der Waals surface area (Å²) in [6.07, 6.45) is 2.39. The molecule has 196 valence electrons. The van der Waals surface area contributed by atoms with Crippen molar-refractivity contribution in [3.8, 4) is 28.3 Å². The molecule has 0 spiro atoms. The highest BCUT2D eigenvalue weighted by atomic mass is 16.5. The van der Waals surface area contributed by atoms with Crippen molar-refractivity contribution in [2.45, 2.75) is 39.0 Å². The van der Waals surface area contributed by atoms with Crippen molar-refractivity contribution in [3.05, 3.63) is 83.2 Å². The monoisotopic (exact) mass is 510 g/mol. The Morgan fingerprint density at radius 3 is 2.53 bits per heavy atom. The molecule has 38 heavy (non-hydrogen) atoms. The number of aryl methyl sites for hydroxylation is 2.